The zero-order chi connectivity index (χ0) is 20.0. The molecule has 0 aliphatic rings. The number of carbonyl (C=O) groups is 1. The zero-order valence-corrected chi connectivity index (χ0v) is 12.5. The van der Waals surface area contributed by atoms with Crippen LogP contribution in [0.4, 0.5) is 35.1 Å². The minimum absolute atomic E-state index is 1.52. The van der Waals surface area contributed by atoms with Crippen molar-refractivity contribution >= 4 is 5.97 Å². The Kier molecular flexibility index (Phi) is 7.71. The maximum absolute atomic E-state index is 14.2. The largest absolute Gasteiger partial charge is 0.483 e. The number of benzene rings is 1. The molecule has 0 radical (unpaired) electrons. The van der Waals surface area contributed by atoms with Crippen LogP contribution in [0, 0.1) is 11.6 Å². The topological polar surface area (TPSA) is 65.0 Å². The van der Waals surface area contributed by atoms with E-state index >= 15 is 0 Å². The van der Waals surface area contributed by atoms with E-state index in [0.29, 0.717) is 0 Å². The molecule has 0 atom stereocenters. The average molecular weight is 398 g/mol. The fourth-order valence-corrected chi connectivity index (χ4v) is 1.66. The Hall–Kier alpha value is -2.47. The SMILES string of the molecule is O=C(O)c1c(OCC(F)F)c(F)c(OCC(F)F)c(F)c1OCC(F)F. The van der Waals surface area contributed by atoms with E-state index in [1.807, 2.05) is 0 Å². The lowest BCUT2D eigenvalue weighted by molar-refractivity contribution is 0.0588. The summed E-state index contributed by atoms with van der Waals surface area (Å²) in [5, 5.41) is 9.01. The van der Waals surface area contributed by atoms with Gasteiger partial charge in [-0.15, -0.1) is 0 Å². The second kappa shape index (κ2) is 9.29. The molecule has 1 aromatic rings. The number of hydrogen-bond donors (Lipinski definition) is 1. The number of aromatic carboxylic acids is 1. The second-order valence-electron chi connectivity index (χ2n) is 4.40. The highest BCUT2D eigenvalue weighted by Crippen LogP contribution is 2.42. The van der Waals surface area contributed by atoms with Crippen molar-refractivity contribution in [2.75, 3.05) is 19.8 Å². The molecule has 0 aromatic heterocycles. The van der Waals surface area contributed by atoms with Gasteiger partial charge in [-0.1, -0.05) is 0 Å². The lowest BCUT2D eigenvalue weighted by Crippen LogP contribution is -2.18. The van der Waals surface area contributed by atoms with E-state index in [1.165, 1.54) is 0 Å². The molecule has 0 aliphatic heterocycles. The standard InChI is InChI=1S/C13H10F8O5/c14-4(15)1-24-10-7(13(22)23)11(25-2-5(16)17)9(21)12(8(10)20)26-3-6(18)19/h4-6H,1-3H2,(H,22,23). The Balaban J connectivity index is 3.53. The minimum atomic E-state index is -3.23. The normalized spacial score (nSPS) is 11.3. The van der Waals surface area contributed by atoms with Crippen LogP contribution in [-0.4, -0.2) is 50.2 Å². The number of rotatable bonds is 10. The van der Waals surface area contributed by atoms with Gasteiger partial charge in [0.25, 0.3) is 19.3 Å². The molecule has 0 saturated carbocycles. The Labute approximate surface area is 140 Å². The van der Waals surface area contributed by atoms with Crippen LogP contribution < -0.4 is 14.2 Å². The third-order valence-electron chi connectivity index (χ3n) is 2.53. The van der Waals surface area contributed by atoms with E-state index < -0.39 is 79.5 Å². The highest BCUT2D eigenvalue weighted by Gasteiger charge is 2.33. The number of hydrogen-bond acceptors (Lipinski definition) is 4. The van der Waals surface area contributed by atoms with E-state index in [-0.39, 0.29) is 0 Å². The summed E-state index contributed by atoms with van der Waals surface area (Å²) < 4.78 is 114. The van der Waals surface area contributed by atoms with E-state index in [0.717, 1.165) is 0 Å². The first-order chi connectivity index (χ1) is 12.1. The monoisotopic (exact) mass is 398 g/mol. The van der Waals surface area contributed by atoms with Crippen LogP contribution in [0.3, 0.4) is 0 Å². The number of carboxylic acids is 1. The van der Waals surface area contributed by atoms with Crippen molar-refractivity contribution < 1.29 is 59.2 Å². The first-order valence-electron chi connectivity index (χ1n) is 6.57. The van der Waals surface area contributed by atoms with Gasteiger partial charge in [-0.25, -0.2) is 31.1 Å². The van der Waals surface area contributed by atoms with Gasteiger partial charge in [0, 0.05) is 0 Å². The molecule has 0 unspecified atom stereocenters. The molecular formula is C13H10F8O5. The summed E-state index contributed by atoms with van der Waals surface area (Å²) in [6.45, 7) is -4.69. The molecule has 0 heterocycles. The summed E-state index contributed by atoms with van der Waals surface area (Å²) in [4.78, 5) is 11.2. The van der Waals surface area contributed by atoms with Crippen molar-refractivity contribution in [3.63, 3.8) is 0 Å². The first kappa shape index (κ1) is 21.6. The van der Waals surface area contributed by atoms with Gasteiger partial charge in [0.05, 0.1) is 0 Å². The number of ether oxygens (including phenoxy) is 3. The molecule has 0 aliphatic carbocycles. The van der Waals surface area contributed by atoms with Crippen LogP contribution in [0.1, 0.15) is 10.4 Å². The lowest BCUT2D eigenvalue weighted by Gasteiger charge is -2.18. The highest BCUT2D eigenvalue weighted by atomic mass is 19.3. The summed E-state index contributed by atoms with van der Waals surface area (Å²) in [6.07, 6.45) is -9.67. The van der Waals surface area contributed by atoms with Gasteiger partial charge in [-0.05, 0) is 0 Å². The number of carboxylic acid groups (broad SMARTS) is 1. The summed E-state index contributed by atoms with van der Waals surface area (Å²) in [5.41, 5.74) is -1.52. The molecule has 148 valence electrons. The quantitative estimate of drug-likeness (QED) is 0.611. The average Bonchev–Trinajstić information content (AvgIpc) is 2.51. The van der Waals surface area contributed by atoms with Crippen LogP contribution in [0.15, 0.2) is 0 Å². The fraction of sp³-hybridized carbons (Fsp3) is 0.462. The third-order valence-corrected chi connectivity index (χ3v) is 2.53. The molecule has 26 heavy (non-hydrogen) atoms. The molecule has 13 heteroatoms. The van der Waals surface area contributed by atoms with Gasteiger partial charge in [0.1, 0.15) is 25.4 Å². The van der Waals surface area contributed by atoms with Gasteiger partial charge in [0.2, 0.25) is 11.6 Å². The molecular weight excluding hydrogens is 388 g/mol. The van der Waals surface area contributed by atoms with Gasteiger partial charge in [-0.3, -0.25) is 0 Å². The van der Waals surface area contributed by atoms with Crippen LogP contribution in [0.2, 0.25) is 0 Å². The van der Waals surface area contributed by atoms with Gasteiger partial charge in [-0.2, -0.15) is 8.78 Å². The third kappa shape index (κ3) is 5.52. The van der Waals surface area contributed by atoms with Crippen molar-refractivity contribution in [3.8, 4) is 17.2 Å². The van der Waals surface area contributed by atoms with Crippen molar-refractivity contribution in [2.24, 2.45) is 0 Å². The second-order valence-corrected chi connectivity index (χ2v) is 4.40. The van der Waals surface area contributed by atoms with Crippen LogP contribution >= 0.6 is 0 Å². The molecule has 0 fully saturated rings. The molecule has 5 nitrogen and oxygen atoms in total. The van der Waals surface area contributed by atoms with Crippen LogP contribution in [0.5, 0.6) is 17.2 Å². The number of halogens is 8. The minimum Gasteiger partial charge on any atom is -0.483 e. The summed E-state index contributed by atoms with van der Waals surface area (Å²) in [7, 11) is 0. The Morgan fingerprint density at radius 1 is 0.731 bits per heavy atom. The van der Waals surface area contributed by atoms with Gasteiger partial charge < -0.3 is 19.3 Å². The van der Waals surface area contributed by atoms with E-state index in [1.54, 1.807) is 0 Å². The van der Waals surface area contributed by atoms with Crippen molar-refractivity contribution in [3.05, 3.63) is 17.2 Å². The maximum Gasteiger partial charge on any atom is 0.343 e. The molecule has 0 amide bonds. The smallest absolute Gasteiger partial charge is 0.343 e. The summed E-state index contributed by atoms with van der Waals surface area (Å²) in [5.74, 6) is -10.9. The van der Waals surface area contributed by atoms with Crippen molar-refractivity contribution in [1.82, 2.24) is 0 Å². The van der Waals surface area contributed by atoms with Crippen molar-refractivity contribution in [2.45, 2.75) is 19.3 Å². The lowest BCUT2D eigenvalue weighted by atomic mass is 10.1. The predicted molar refractivity (Wildman–Crippen MR) is 67.8 cm³/mol. The van der Waals surface area contributed by atoms with E-state index in [9.17, 15) is 39.9 Å². The van der Waals surface area contributed by atoms with Gasteiger partial charge >= 0.3 is 5.97 Å². The first-order valence-corrected chi connectivity index (χ1v) is 6.57. The van der Waals surface area contributed by atoms with E-state index in [4.69, 9.17) is 5.11 Å². The fourth-order valence-electron chi connectivity index (χ4n) is 1.66. The molecule has 0 spiro atoms. The zero-order valence-electron chi connectivity index (χ0n) is 12.5. The number of alkyl halides is 6. The molecule has 1 aromatic carbocycles. The van der Waals surface area contributed by atoms with Gasteiger partial charge in [0.15, 0.2) is 17.2 Å². The molecule has 1 rings (SSSR count). The van der Waals surface area contributed by atoms with Crippen LogP contribution in [0.25, 0.3) is 0 Å². The summed E-state index contributed by atoms with van der Waals surface area (Å²) in [6, 6.07) is 0. The van der Waals surface area contributed by atoms with Crippen LogP contribution in [-0.2, 0) is 0 Å². The predicted octanol–water partition coefficient (Wildman–Crippen LogP) is 3.59. The summed E-state index contributed by atoms with van der Waals surface area (Å²) >= 11 is 0. The van der Waals surface area contributed by atoms with E-state index in [2.05, 4.69) is 14.2 Å². The molecule has 0 bridgehead atoms. The Morgan fingerprint density at radius 3 is 1.31 bits per heavy atom. The Morgan fingerprint density at radius 2 is 1.04 bits per heavy atom. The van der Waals surface area contributed by atoms with Crippen molar-refractivity contribution in [1.29, 1.82) is 0 Å². The Bertz CT molecular complexity index is 598. The maximum atomic E-state index is 14.2. The molecule has 1 N–H and O–H groups in total. The molecule has 0 saturated heterocycles. The highest BCUT2D eigenvalue weighted by molar-refractivity contribution is 5.95.